The Hall–Kier alpha value is -1.80. The van der Waals surface area contributed by atoms with E-state index in [9.17, 15) is 4.79 Å². The van der Waals surface area contributed by atoms with E-state index in [4.69, 9.17) is 4.74 Å². The van der Waals surface area contributed by atoms with Crippen LogP contribution >= 0.6 is 23.1 Å². The van der Waals surface area contributed by atoms with Crippen molar-refractivity contribution in [2.45, 2.75) is 17.3 Å². The fourth-order valence-electron chi connectivity index (χ4n) is 1.58. The maximum absolute atomic E-state index is 11.0. The Morgan fingerprint density at radius 3 is 2.73 bits per heavy atom. The van der Waals surface area contributed by atoms with Gasteiger partial charge in [0.1, 0.15) is 5.75 Å². The maximum Gasteiger partial charge on any atom is 0.306 e. The number of aromatic nitrogens is 2. The third kappa shape index (κ3) is 5.19. The molecule has 0 unspecified atom stereocenters. The van der Waals surface area contributed by atoms with Gasteiger partial charge in [-0.3, -0.25) is 4.79 Å². The van der Waals surface area contributed by atoms with Crippen LogP contribution in [-0.2, 0) is 16.1 Å². The molecule has 0 aliphatic carbocycles. The van der Waals surface area contributed by atoms with Gasteiger partial charge in [0.25, 0.3) is 0 Å². The zero-order chi connectivity index (χ0) is 15.8. The molecule has 8 heteroatoms. The number of benzene rings is 1. The quantitative estimate of drug-likeness (QED) is 0.585. The molecule has 0 bridgehead atoms. The molecule has 0 aliphatic heterocycles. The second-order valence-corrected chi connectivity index (χ2v) is 6.57. The summed E-state index contributed by atoms with van der Waals surface area (Å²) in [6.07, 6.45) is 0.370. The fourth-order valence-corrected chi connectivity index (χ4v) is 3.32. The molecule has 0 fully saturated rings. The van der Waals surface area contributed by atoms with Crippen molar-refractivity contribution in [1.29, 1.82) is 0 Å². The van der Waals surface area contributed by atoms with Crippen LogP contribution in [0, 0.1) is 0 Å². The molecule has 0 aliphatic rings. The second-order valence-electron chi connectivity index (χ2n) is 4.25. The van der Waals surface area contributed by atoms with Crippen LogP contribution < -0.4 is 10.1 Å². The number of methoxy groups -OCH3 is 2. The van der Waals surface area contributed by atoms with E-state index in [2.05, 4.69) is 20.3 Å². The van der Waals surface area contributed by atoms with Crippen molar-refractivity contribution in [1.82, 2.24) is 10.2 Å². The minimum atomic E-state index is -0.213. The van der Waals surface area contributed by atoms with Crippen molar-refractivity contribution in [2.24, 2.45) is 0 Å². The van der Waals surface area contributed by atoms with Gasteiger partial charge in [0.2, 0.25) is 5.13 Å². The Bertz CT molecular complexity index is 602. The fraction of sp³-hybridized carbons (Fsp3) is 0.357. The summed E-state index contributed by atoms with van der Waals surface area (Å²) in [4.78, 5) is 11.0. The van der Waals surface area contributed by atoms with Crippen LogP contribution in [0.25, 0.3) is 0 Å². The number of nitrogens with one attached hydrogen (secondary N) is 1. The van der Waals surface area contributed by atoms with E-state index in [1.54, 1.807) is 7.11 Å². The molecule has 0 amide bonds. The molecule has 0 atom stereocenters. The van der Waals surface area contributed by atoms with Crippen LogP contribution in [-0.4, -0.2) is 36.1 Å². The summed E-state index contributed by atoms with van der Waals surface area (Å²) < 4.78 is 10.5. The van der Waals surface area contributed by atoms with Gasteiger partial charge >= 0.3 is 5.97 Å². The molecule has 22 heavy (non-hydrogen) atoms. The topological polar surface area (TPSA) is 73.3 Å². The first-order valence-electron chi connectivity index (χ1n) is 6.61. The highest BCUT2D eigenvalue weighted by molar-refractivity contribution is 8.01. The lowest BCUT2D eigenvalue weighted by atomic mass is 10.2. The van der Waals surface area contributed by atoms with Gasteiger partial charge in [0.15, 0.2) is 4.34 Å². The largest absolute Gasteiger partial charge is 0.497 e. The number of rotatable bonds is 8. The van der Waals surface area contributed by atoms with E-state index in [-0.39, 0.29) is 5.97 Å². The van der Waals surface area contributed by atoms with Gasteiger partial charge in [0.05, 0.1) is 20.6 Å². The average Bonchev–Trinajstić information content (AvgIpc) is 3.01. The lowest BCUT2D eigenvalue weighted by Gasteiger charge is -2.03. The molecule has 0 radical (unpaired) electrons. The van der Waals surface area contributed by atoms with Crippen molar-refractivity contribution < 1.29 is 14.3 Å². The van der Waals surface area contributed by atoms with Crippen molar-refractivity contribution >= 4 is 34.2 Å². The number of esters is 1. The third-order valence-electron chi connectivity index (χ3n) is 2.77. The predicted octanol–water partition coefficient (Wildman–Crippen LogP) is 2.81. The van der Waals surface area contributed by atoms with E-state index in [0.29, 0.717) is 18.7 Å². The van der Waals surface area contributed by atoms with E-state index in [0.717, 1.165) is 20.8 Å². The first-order chi connectivity index (χ1) is 10.7. The van der Waals surface area contributed by atoms with Crippen LogP contribution in [0.15, 0.2) is 28.6 Å². The molecule has 1 aromatic heterocycles. The Morgan fingerprint density at radius 1 is 1.27 bits per heavy atom. The number of thioether (sulfide) groups is 1. The van der Waals surface area contributed by atoms with Crippen LogP contribution in [0.5, 0.6) is 5.75 Å². The predicted molar refractivity (Wildman–Crippen MR) is 87.6 cm³/mol. The molecule has 0 spiro atoms. The molecule has 2 rings (SSSR count). The first-order valence-corrected chi connectivity index (χ1v) is 8.41. The third-order valence-corrected chi connectivity index (χ3v) is 4.78. The summed E-state index contributed by atoms with van der Waals surface area (Å²) in [7, 11) is 3.03. The number of carbonyl (C=O) groups excluding carboxylic acids is 1. The molecule has 1 N–H and O–H groups in total. The van der Waals surface area contributed by atoms with Crippen LogP contribution in [0.1, 0.15) is 12.0 Å². The van der Waals surface area contributed by atoms with Gasteiger partial charge < -0.3 is 14.8 Å². The Labute approximate surface area is 137 Å². The highest BCUT2D eigenvalue weighted by Gasteiger charge is 2.06. The van der Waals surface area contributed by atoms with Crippen LogP contribution in [0.4, 0.5) is 5.13 Å². The van der Waals surface area contributed by atoms with Crippen LogP contribution in [0.3, 0.4) is 0 Å². The van der Waals surface area contributed by atoms with Gasteiger partial charge in [-0.1, -0.05) is 35.2 Å². The van der Waals surface area contributed by atoms with Gasteiger partial charge in [-0.15, -0.1) is 10.2 Å². The summed E-state index contributed by atoms with van der Waals surface area (Å²) in [5.74, 6) is 1.26. The van der Waals surface area contributed by atoms with Crippen LogP contribution in [0.2, 0.25) is 0 Å². The molecule has 0 saturated carbocycles. The Kier molecular flexibility index (Phi) is 6.47. The minimum Gasteiger partial charge on any atom is -0.497 e. The number of carbonyl (C=O) groups is 1. The van der Waals surface area contributed by atoms with Gasteiger partial charge in [-0.2, -0.15) is 0 Å². The van der Waals surface area contributed by atoms with Crippen molar-refractivity contribution in [3.63, 3.8) is 0 Å². The number of hydrogen-bond donors (Lipinski definition) is 1. The molecule has 0 saturated heterocycles. The molecule has 6 nitrogen and oxygen atoms in total. The standard InChI is InChI=1S/C14H17N3O3S2/c1-19-11-5-3-10(4-6-11)9-15-13-16-17-14(22-13)21-8-7-12(18)20-2/h3-6H,7-9H2,1-2H3,(H,15,16). The normalized spacial score (nSPS) is 10.3. The smallest absolute Gasteiger partial charge is 0.306 e. The Balaban J connectivity index is 1.77. The molecule has 2 aromatic rings. The second kappa shape index (κ2) is 8.60. The van der Waals surface area contributed by atoms with Crippen molar-refractivity contribution in [3.05, 3.63) is 29.8 Å². The summed E-state index contributed by atoms with van der Waals surface area (Å²) in [6, 6.07) is 7.84. The van der Waals surface area contributed by atoms with E-state index < -0.39 is 0 Å². The number of anilines is 1. The first kappa shape index (κ1) is 16.6. The number of hydrogen-bond acceptors (Lipinski definition) is 8. The SMILES string of the molecule is COC(=O)CCSc1nnc(NCc2ccc(OC)cc2)s1. The van der Waals surface area contributed by atoms with E-state index >= 15 is 0 Å². The van der Waals surface area contributed by atoms with Gasteiger partial charge in [-0.05, 0) is 17.7 Å². The summed E-state index contributed by atoms with van der Waals surface area (Å²) in [6.45, 7) is 0.672. The monoisotopic (exact) mass is 339 g/mol. The molecular formula is C14H17N3O3S2. The highest BCUT2D eigenvalue weighted by atomic mass is 32.2. The molecular weight excluding hydrogens is 322 g/mol. The van der Waals surface area contributed by atoms with Crippen molar-refractivity contribution in [2.75, 3.05) is 25.3 Å². The van der Waals surface area contributed by atoms with E-state index in [1.807, 2.05) is 24.3 Å². The van der Waals surface area contributed by atoms with E-state index in [1.165, 1.54) is 30.2 Å². The Morgan fingerprint density at radius 2 is 2.05 bits per heavy atom. The molecule has 1 aromatic carbocycles. The average molecular weight is 339 g/mol. The van der Waals surface area contributed by atoms with Gasteiger partial charge in [-0.25, -0.2) is 0 Å². The lowest BCUT2D eigenvalue weighted by molar-refractivity contribution is -0.140. The number of ether oxygens (including phenoxy) is 2. The van der Waals surface area contributed by atoms with Crippen molar-refractivity contribution in [3.8, 4) is 5.75 Å². The molecule has 118 valence electrons. The zero-order valence-electron chi connectivity index (χ0n) is 12.4. The minimum absolute atomic E-state index is 0.213. The molecule has 1 heterocycles. The summed E-state index contributed by atoms with van der Waals surface area (Å²) in [5, 5.41) is 12.1. The number of nitrogens with zero attached hydrogens (tertiary/aromatic N) is 2. The zero-order valence-corrected chi connectivity index (χ0v) is 14.0. The summed E-state index contributed by atoms with van der Waals surface area (Å²) >= 11 is 2.97. The maximum atomic E-state index is 11.0. The van der Waals surface area contributed by atoms with Gasteiger partial charge in [0, 0.05) is 12.3 Å². The summed E-state index contributed by atoms with van der Waals surface area (Å²) in [5.41, 5.74) is 1.14. The lowest BCUT2D eigenvalue weighted by Crippen LogP contribution is -2.00. The highest BCUT2D eigenvalue weighted by Crippen LogP contribution is 2.26.